The van der Waals surface area contributed by atoms with Crippen LogP contribution < -0.4 is 4.90 Å². The highest BCUT2D eigenvalue weighted by molar-refractivity contribution is 5.73. The number of hydrogen-bond acceptors (Lipinski definition) is 4. The molecule has 0 spiro atoms. The lowest BCUT2D eigenvalue weighted by Gasteiger charge is -2.49. The molecule has 1 unspecified atom stereocenters. The van der Waals surface area contributed by atoms with Crippen molar-refractivity contribution in [2.45, 2.75) is 31.8 Å². The zero-order valence-electron chi connectivity index (χ0n) is 15.6. The van der Waals surface area contributed by atoms with Gasteiger partial charge in [-0.15, -0.1) is 0 Å². The van der Waals surface area contributed by atoms with E-state index >= 15 is 0 Å². The minimum absolute atomic E-state index is 0.174. The molecule has 1 atom stereocenters. The van der Waals surface area contributed by atoms with E-state index in [0.29, 0.717) is 12.1 Å². The fraction of sp³-hybridized carbons (Fsp3) is 0.650. The van der Waals surface area contributed by atoms with E-state index in [1.165, 1.54) is 0 Å². The van der Waals surface area contributed by atoms with Crippen LogP contribution in [0.25, 0.3) is 0 Å². The second kappa shape index (κ2) is 7.53. The number of hydrogen-bond donors (Lipinski definition) is 0. The maximum absolute atomic E-state index is 13.1. The highest BCUT2D eigenvalue weighted by Gasteiger charge is 2.36. The second-order valence-electron chi connectivity index (χ2n) is 7.88. The average Bonchev–Trinajstić information content (AvgIpc) is 3.07. The third kappa shape index (κ3) is 3.71. The van der Waals surface area contributed by atoms with Crippen molar-refractivity contribution in [2.75, 3.05) is 57.3 Å². The van der Waals surface area contributed by atoms with Gasteiger partial charge in [-0.25, -0.2) is 4.39 Å². The predicted molar refractivity (Wildman–Crippen MR) is 101 cm³/mol. The third-order valence-electron chi connectivity index (χ3n) is 6.21. The van der Waals surface area contributed by atoms with Crippen molar-refractivity contribution in [1.29, 1.82) is 0 Å². The number of amides is 1. The van der Waals surface area contributed by atoms with Gasteiger partial charge in [0.15, 0.2) is 0 Å². The Bertz CT molecular complexity index is 623. The normalized spacial score (nSPS) is 25.5. The molecule has 0 bridgehead atoms. The van der Waals surface area contributed by atoms with E-state index in [2.05, 4.69) is 19.6 Å². The van der Waals surface area contributed by atoms with Gasteiger partial charge in [-0.3, -0.25) is 14.6 Å². The fourth-order valence-corrected chi connectivity index (χ4v) is 4.66. The quantitative estimate of drug-likeness (QED) is 0.817. The molecule has 3 fully saturated rings. The Hall–Kier alpha value is -1.66. The van der Waals surface area contributed by atoms with Crippen molar-refractivity contribution in [3.8, 4) is 0 Å². The van der Waals surface area contributed by atoms with Crippen LogP contribution >= 0.6 is 0 Å². The Labute approximate surface area is 155 Å². The van der Waals surface area contributed by atoms with Gasteiger partial charge >= 0.3 is 0 Å². The highest BCUT2D eigenvalue weighted by atomic mass is 19.1. The van der Waals surface area contributed by atoms with E-state index in [1.54, 1.807) is 19.1 Å². The standard InChI is InChI=1S/C20H29FN4O/c1-16(26)25-8-2-3-19(25)13-22-14-20(15-22)24-11-9-23(10-12-24)18-6-4-17(21)5-7-18/h4-7,19-20H,2-3,8-15H2,1H3. The molecule has 0 saturated carbocycles. The minimum Gasteiger partial charge on any atom is -0.369 e. The first kappa shape index (κ1) is 17.7. The fourth-order valence-electron chi connectivity index (χ4n) is 4.66. The van der Waals surface area contributed by atoms with Crippen molar-refractivity contribution in [3.63, 3.8) is 0 Å². The molecule has 142 valence electrons. The molecular formula is C20H29FN4O. The highest BCUT2D eigenvalue weighted by Crippen LogP contribution is 2.24. The van der Waals surface area contributed by atoms with E-state index in [-0.39, 0.29) is 11.7 Å². The molecule has 0 aromatic heterocycles. The van der Waals surface area contributed by atoms with Crippen molar-refractivity contribution in [2.24, 2.45) is 0 Å². The lowest BCUT2D eigenvalue weighted by molar-refractivity contribution is -0.130. The summed E-state index contributed by atoms with van der Waals surface area (Å²) in [7, 11) is 0. The summed E-state index contributed by atoms with van der Waals surface area (Å²) >= 11 is 0. The molecule has 3 saturated heterocycles. The van der Waals surface area contributed by atoms with Gasteiger partial charge in [-0.05, 0) is 37.1 Å². The van der Waals surface area contributed by atoms with Crippen LogP contribution in [0.5, 0.6) is 0 Å². The lowest BCUT2D eigenvalue weighted by Crippen LogP contribution is -2.64. The summed E-state index contributed by atoms with van der Waals surface area (Å²) in [6.45, 7) is 10.0. The number of carbonyl (C=O) groups excluding carboxylic acids is 1. The number of nitrogens with zero attached hydrogens (tertiary/aromatic N) is 4. The van der Waals surface area contributed by atoms with E-state index in [1.807, 2.05) is 12.1 Å². The zero-order chi connectivity index (χ0) is 18.1. The van der Waals surface area contributed by atoms with Crippen molar-refractivity contribution in [3.05, 3.63) is 30.1 Å². The van der Waals surface area contributed by atoms with Crippen LogP contribution in [0, 0.1) is 5.82 Å². The van der Waals surface area contributed by atoms with Crippen LogP contribution in [0.2, 0.25) is 0 Å². The Morgan fingerprint density at radius 3 is 2.42 bits per heavy atom. The largest absolute Gasteiger partial charge is 0.369 e. The molecule has 3 aliphatic rings. The van der Waals surface area contributed by atoms with Gasteiger partial charge in [0, 0.05) is 77.1 Å². The van der Waals surface area contributed by atoms with Gasteiger partial charge in [-0.1, -0.05) is 0 Å². The van der Waals surface area contributed by atoms with Gasteiger partial charge in [-0.2, -0.15) is 0 Å². The van der Waals surface area contributed by atoms with Crippen molar-refractivity contribution >= 4 is 11.6 Å². The molecule has 0 radical (unpaired) electrons. The Balaban J connectivity index is 1.21. The van der Waals surface area contributed by atoms with Crippen LogP contribution in [0.15, 0.2) is 24.3 Å². The van der Waals surface area contributed by atoms with E-state index in [0.717, 1.165) is 70.9 Å². The second-order valence-corrected chi connectivity index (χ2v) is 7.88. The molecule has 3 heterocycles. The first-order chi connectivity index (χ1) is 12.6. The average molecular weight is 360 g/mol. The number of anilines is 1. The predicted octanol–water partition coefficient (Wildman–Crippen LogP) is 1.64. The Morgan fingerprint density at radius 1 is 1.08 bits per heavy atom. The summed E-state index contributed by atoms with van der Waals surface area (Å²) in [5.41, 5.74) is 1.12. The molecule has 0 aliphatic carbocycles. The summed E-state index contributed by atoms with van der Waals surface area (Å²) in [5, 5.41) is 0. The number of carbonyl (C=O) groups is 1. The van der Waals surface area contributed by atoms with Crippen molar-refractivity contribution < 1.29 is 9.18 Å². The lowest BCUT2D eigenvalue weighted by atomic mass is 10.0. The molecule has 1 aromatic rings. The molecular weight excluding hydrogens is 331 g/mol. The van der Waals surface area contributed by atoms with Gasteiger partial charge in [0.05, 0.1) is 0 Å². The zero-order valence-corrected chi connectivity index (χ0v) is 15.6. The molecule has 0 N–H and O–H groups in total. The summed E-state index contributed by atoms with van der Waals surface area (Å²) in [6.07, 6.45) is 2.30. The van der Waals surface area contributed by atoms with E-state index in [9.17, 15) is 9.18 Å². The van der Waals surface area contributed by atoms with E-state index < -0.39 is 0 Å². The monoisotopic (exact) mass is 360 g/mol. The van der Waals surface area contributed by atoms with Crippen LogP contribution in [0.4, 0.5) is 10.1 Å². The number of halogens is 1. The Morgan fingerprint density at radius 2 is 1.77 bits per heavy atom. The van der Waals surface area contributed by atoms with Gasteiger partial charge < -0.3 is 9.80 Å². The third-order valence-corrected chi connectivity index (χ3v) is 6.21. The van der Waals surface area contributed by atoms with Gasteiger partial charge in [0.25, 0.3) is 0 Å². The minimum atomic E-state index is -0.174. The van der Waals surface area contributed by atoms with Gasteiger partial charge in [0.1, 0.15) is 5.82 Å². The Kier molecular flexibility index (Phi) is 5.14. The van der Waals surface area contributed by atoms with Crippen LogP contribution in [0.3, 0.4) is 0 Å². The molecule has 1 amide bonds. The topological polar surface area (TPSA) is 30.0 Å². The summed E-state index contributed by atoms with van der Waals surface area (Å²) in [6, 6.07) is 7.90. The maximum atomic E-state index is 13.1. The van der Waals surface area contributed by atoms with Crippen LogP contribution in [-0.2, 0) is 4.79 Å². The van der Waals surface area contributed by atoms with Crippen LogP contribution in [-0.4, -0.2) is 85.0 Å². The summed E-state index contributed by atoms with van der Waals surface area (Å²) < 4.78 is 13.1. The van der Waals surface area contributed by atoms with Crippen molar-refractivity contribution in [1.82, 2.24) is 14.7 Å². The van der Waals surface area contributed by atoms with Crippen LogP contribution in [0.1, 0.15) is 19.8 Å². The molecule has 6 heteroatoms. The number of likely N-dealkylation sites (tertiary alicyclic amines) is 2. The molecule has 4 rings (SSSR count). The maximum Gasteiger partial charge on any atom is 0.219 e. The summed E-state index contributed by atoms with van der Waals surface area (Å²) in [5.74, 6) is 0.0500. The van der Waals surface area contributed by atoms with Gasteiger partial charge in [0.2, 0.25) is 5.91 Å². The SMILES string of the molecule is CC(=O)N1CCCC1CN1CC(N2CCN(c3ccc(F)cc3)CC2)C1. The van der Waals surface area contributed by atoms with E-state index in [4.69, 9.17) is 0 Å². The first-order valence-electron chi connectivity index (χ1n) is 9.84. The first-order valence-corrected chi connectivity index (χ1v) is 9.84. The molecule has 1 aromatic carbocycles. The number of piperazine rings is 1. The molecule has 3 aliphatic heterocycles. The molecule has 26 heavy (non-hydrogen) atoms. The molecule has 5 nitrogen and oxygen atoms in total. The number of benzene rings is 1. The summed E-state index contributed by atoms with van der Waals surface area (Å²) in [4.78, 5) is 21.2. The smallest absolute Gasteiger partial charge is 0.219 e. The number of rotatable bonds is 4.